The van der Waals surface area contributed by atoms with E-state index in [2.05, 4.69) is 15.3 Å². The smallest absolute Gasteiger partial charge is 0.289 e. The summed E-state index contributed by atoms with van der Waals surface area (Å²) < 4.78 is 5.82. The summed E-state index contributed by atoms with van der Waals surface area (Å²) in [6, 6.07) is 10.2. The molecule has 1 aliphatic carbocycles. The number of pyridine rings is 2. The van der Waals surface area contributed by atoms with Crippen LogP contribution in [0.5, 0.6) is 5.88 Å². The van der Waals surface area contributed by atoms with Gasteiger partial charge in [-0.05, 0) is 43.5 Å². The molecule has 0 atom stereocenters. The van der Waals surface area contributed by atoms with Crippen LogP contribution in [0.15, 0.2) is 42.6 Å². The van der Waals surface area contributed by atoms with Crippen LogP contribution < -0.4 is 10.1 Å². The molecule has 31 heavy (non-hydrogen) atoms. The van der Waals surface area contributed by atoms with Gasteiger partial charge >= 0.3 is 0 Å². The minimum atomic E-state index is -0.544. The number of hydrogen-bond acceptors (Lipinski definition) is 6. The van der Waals surface area contributed by atoms with Crippen molar-refractivity contribution in [3.63, 3.8) is 0 Å². The van der Waals surface area contributed by atoms with Crippen LogP contribution in [0.3, 0.4) is 0 Å². The average Bonchev–Trinajstić information content (AvgIpc) is 3.28. The lowest BCUT2D eigenvalue weighted by Crippen LogP contribution is -2.13. The lowest BCUT2D eigenvalue weighted by Gasteiger charge is -2.11. The summed E-state index contributed by atoms with van der Waals surface area (Å²) in [5, 5.41) is 14.5. The van der Waals surface area contributed by atoms with Crippen molar-refractivity contribution in [3.05, 3.63) is 64.0 Å². The first-order valence-electron chi connectivity index (χ1n) is 10.5. The van der Waals surface area contributed by atoms with Gasteiger partial charge in [-0.25, -0.2) is 4.98 Å². The molecule has 1 fully saturated rings. The van der Waals surface area contributed by atoms with Crippen molar-refractivity contribution in [2.24, 2.45) is 5.92 Å². The van der Waals surface area contributed by atoms with Gasteiger partial charge < -0.3 is 10.1 Å². The van der Waals surface area contributed by atoms with Crippen LogP contribution >= 0.6 is 0 Å². The Labute approximate surface area is 179 Å². The molecule has 4 rings (SSSR count). The van der Waals surface area contributed by atoms with E-state index in [1.165, 1.54) is 37.9 Å². The molecule has 0 bridgehead atoms. The Balaban J connectivity index is 1.44. The van der Waals surface area contributed by atoms with Crippen molar-refractivity contribution < 1.29 is 14.5 Å². The number of carbonyl (C=O) groups is 1. The highest BCUT2D eigenvalue weighted by atomic mass is 16.6. The molecule has 1 N–H and O–H groups in total. The van der Waals surface area contributed by atoms with E-state index in [1.807, 2.05) is 12.1 Å². The van der Waals surface area contributed by atoms with Gasteiger partial charge in [0.2, 0.25) is 5.88 Å². The molecule has 0 saturated heterocycles. The maximum Gasteiger partial charge on any atom is 0.289 e. The van der Waals surface area contributed by atoms with E-state index in [0.717, 1.165) is 23.2 Å². The molecule has 8 nitrogen and oxygen atoms in total. The molecule has 1 aromatic carbocycles. The van der Waals surface area contributed by atoms with Gasteiger partial charge in [-0.1, -0.05) is 25.7 Å². The van der Waals surface area contributed by atoms with Crippen molar-refractivity contribution in [3.8, 4) is 5.88 Å². The number of rotatable bonds is 7. The number of hydrogen-bond donors (Lipinski definition) is 1. The Hall–Kier alpha value is -3.55. The topological polar surface area (TPSA) is 107 Å². The number of nitrogens with one attached hydrogen (secondary N) is 1. The monoisotopic (exact) mass is 420 g/mol. The lowest BCUT2D eigenvalue weighted by molar-refractivity contribution is -0.385. The Morgan fingerprint density at radius 2 is 2.03 bits per heavy atom. The fourth-order valence-corrected chi connectivity index (χ4v) is 3.90. The highest BCUT2D eigenvalue weighted by molar-refractivity contribution is 6.06. The third-order valence-electron chi connectivity index (χ3n) is 5.71. The maximum atomic E-state index is 12.7. The summed E-state index contributed by atoms with van der Waals surface area (Å²) in [6.45, 7) is 2.35. The van der Waals surface area contributed by atoms with Crippen LogP contribution in [-0.4, -0.2) is 27.4 Å². The first-order chi connectivity index (χ1) is 15.0. The van der Waals surface area contributed by atoms with Gasteiger partial charge in [-0.15, -0.1) is 0 Å². The molecule has 0 aliphatic heterocycles. The number of nitro groups is 1. The second-order valence-electron chi connectivity index (χ2n) is 7.88. The number of aromatic nitrogens is 2. The maximum absolute atomic E-state index is 12.7. The number of nitrogens with zero attached hydrogens (tertiary/aromatic N) is 3. The Morgan fingerprint density at radius 3 is 2.81 bits per heavy atom. The SMILES string of the molecule is Cc1ncc([N+](=O)[O-])cc1NC(=O)c1ccc2nc(OCCC3CCCC3)ccc2c1. The summed E-state index contributed by atoms with van der Waals surface area (Å²) in [4.78, 5) is 31.6. The van der Waals surface area contributed by atoms with Crippen LogP contribution in [0.25, 0.3) is 10.9 Å². The van der Waals surface area contributed by atoms with Crippen LogP contribution in [0.2, 0.25) is 0 Å². The molecule has 2 aromatic heterocycles. The lowest BCUT2D eigenvalue weighted by atomic mass is 10.1. The van der Waals surface area contributed by atoms with Crippen molar-refractivity contribution in [2.75, 3.05) is 11.9 Å². The fraction of sp³-hybridized carbons (Fsp3) is 0.348. The molecular weight excluding hydrogens is 396 g/mol. The van der Waals surface area contributed by atoms with E-state index in [4.69, 9.17) is 4.74 Å². The Bertz CT molecular complexity index is 1130. The van der Waals surface area contributed by atoms with Crippen molar-refractivity contribution in [2.45, 2.75) is 39.0 Å². The molecule has 1 aliphatic rings. The van der Waals surface area contributed by atoms with Gasteiger partial charge in [0.25, 0.3) is 11.6 Å². The summed E-state index contributed by atoms with van der Waals surface area (Å²) in [5.74, 6) is 0.983. The molecule has 3 aromatic rings. The molecule has 0 spiro atoms. The number of ether oxygens (including phenoxy) is 1. The second kappa shape index (κ2) is 9.07. The molecular formula is C23H24N4O4. The van der Waals surface area contributed by atoms with E-state index in [-0.39, 0.29) is 11.6 Å². The first-order valence-corrected chi connectivity index (χ1v) is 10.5. The number of benzene rings is 1. The predicted molar refractivity (Wildman–Crippen MR) is 117 cm³/mol. The molecule has 160 valence electrons. The summed E-state index contributed by atoms with van der Waals surface area (Å²) in [5.41, 5.74) is 1.80. The predicted octanol–water partition coefficient (Wildman–Crippen LogP) is 5.06. The van der Waals surface area contributed by atoms with E-state index < -0.39 is 4.92 Å². The third kappa shape index (κ3) is 4.96. The molecule has 1 saturated carbocycles. The van der Waals surface area contributed by atoms with Gasteiger partial charge in [0.1, 0.15) is 6.20 Å². The number of aryl methyl sites for hydroxylation is 1. The molecule has 2 heterocycles. The van der Waals surface area contributed by atoms with Crippen LogP contribution in [-0.2, 0) is 0 Å². The molecule has 1 amide bonds. The van der Waals surface area contributed by atoms with Crippen LogP contribution in [0.1, 0.15) is 48.2 Å². The Morgan fingerprint density at radius 1 is 1.23 bits per heavy atom. The zero-order valence-electron chi connectivity index (χ0n) is 17.3. The molecule has 8 heteroatoms. The number of fused-ring (bicyclic) bond motifs is 1. The van der Waals surface area contributed by atoms with Crippen LogP contribution in [0.4, 0.5) is 11.4 Å². The van der Waals surface area contributed by atoms with Gasteiger partial charge in [0.05, 0.1) is 28.4 Å². The van der Waals surface area contributed by atoms with Crippen LogP contribution in [0, 0.1) is 23.0 Å². The van der Waals surface area contributed by atoms with Crippen molar-refractivity contribution >= 4 is 28.2 Å². The largest absolute Gasteiger partial charge is 0.478 e. The number of carbonyl (C=O) groups excluding carboxylic acids is 1. The molecule has 0 radical (unpaired) electrons. The van der Waals surface area contributed by atoms with Crippen molar-refractivity contribution in [1.82, 2.24) is 9.97 Å². The fourth-order valence-electron chi connectivity index (χ4n) is 3.90. The standard InChI is InChI=1S/C23H24N4O4/c1-15-21(13-19(14-24-15)27(29)30)26-23(28)18-6-8-20-17(12-18)7-9-22(25-20)31-11-10-16-4-2-3-5-16/h6-9,12-14,16H,2-5,10-11H2,1H3,(H,26,28). The molecule has 0 unspecified atom stereocenters. The first kappa shape index (κ1) is 20.7. The highest BCUT2D eigenvalue weighted by Gasteiger charge is 2.16. The number of anilines is 1. The average molecular weight is 420 g/mol. The van der Waals surface area contributed by atoms with Crippen molar-refractivity contribution in [1.29, 1.82) is 0 Å². The second-order valence-corrected chi connectivity index (χ2v) is 7.88. The van der Waals surface area contributed by atoms with E-state index in [1.54, 1.807) is 25.1 Å². The quantitative estimate of drug-likeness (QED) is 0.423. The van der Waals surface area contributed by atoms with Gasteiger partial charge in [0.15, 0.2) is 0 Å². The summed E-state index contributed by atoms with van der Waals surface area (Å²) in [6.07, 6.45) is 7.47. The zero-order valence-corrected chi connectivity index (χ0v) is 17.3. The van der Waals surface area contributed by atoms with E-state index >= 15 is 0 Å². The normalized spacial score (nSPS) is 14.0. The highest BCUT2D eigenvalue weighted by Crippen LogP contribution is 2.28. The van der Waals surface area contributed by atoms with E-state index in [9.17, 15) is 14.9 Å². The third-order valence-corrected chi connectivity index (χ3v) is 5.71. The van der Waals surface area contributed by atoms with E-state index in [0.29, 0.717) is 29.4 Å². The van der Waals surface area contributed by atoms with Gasteiger partial charge in [-0.2, -0.15) is 0 Å². The summed E-state index contributed by atoms with van der Waals surface area (Å²) in [7, 11) is 0. The number of amides is 1. The summed E-state index contributed by atoms with van der Waals surface area (Å²) >= 11 is 0. The Kier molecular flexibility index (Phi) is 6.06. The van der Waals surface area contributed by atoms with Gasteiger partial charge in [0, 0.05) is 23.1 Å². The minimum Gasteiger partial charge on any atom is -0.478 e. The minimum absolute atomic E-state index is 0.177. The van der Waals surface area contributed by atoms with Gasteiger partial charge in [-0.3, -0.25) is 19.9 Å². The zero-order chi connectivity index (χ0) is 21.8.